The average molecular weight is 325 g/mol. The van der Waals surface area contributed by atoms with Crippen molar-refractivity contribution >= 4 is 11.9 Å². The van der Waals surface area contributed by atoms with Gasteiger partial charge in [-0.3, -0.25) is 0 Å². The van der Waals surface area contributed by atoms with Gasteiger partial charge in [-0.25, -0.2) is 9.78 Å². The second-order valence-electron chi connectivity index (χ2n) is 6.29. The minimum atomic E-state index is -0.337. The van der Waals surface area contributed by atoms with Crippen molar-refractivity contribution in [3.63, 3.8) is 0 Å². The molecule has 0 aliphatic heterocycles. The summed E-state index contributed by atoms with van der Waals surface area (Å²) >= 11 is 0. The fraction of sp³-hybridized carbons (Fsp3) is 0.368. The fourth-order valence-electron chi connectivity index (χ4n) is 2.84. The highest BCUT2D eigenvalue weighted by molar-refractivity contribution is 5.67. The second kappa shape index (κ2) is 7.81. The number of hydrogen-bond acceptors (Lipinski definition) is 4. The summed E-state index contributed by atoms with van der Waals surface area (Å²) in [5, 5.41) is 6.27. The van der Waals surface area contributed by atoms with Crippen molar-refractivity contribution in [2.75, 3.05) is 11.9 Å². The Labute approximate surface area is 142 Å². The van der Waals surface area contributed by atoms with E-state index >= 15 is 0 Å². The number of aryl methyl sites for hydroxylation is 1. The molecule has 1 aliphatic carbocycles. The molecule has 0 radical (unpaired) electrons. The molecule has 1 aromatic carbocycles. The van der Waals surface area contributed by atoms with Gasteiger partial charge in [0, 0.05) is 18.3 Å². The summed E-state index contributed by atoms with van der Waals surface area (Å²) in [7, 11) is 0. The highest BCUT2D eigenvalue weighted by atomic mass is 16.5. The van der Waals surface area contributed by atoms with Gasteiger partial charge in [-0.05, 0) is 43.4 Å². The minimum absolute atomic E-state index is 0.213. The zero-order valence-electron chi connectivity index (χ0n) is 13.9. The number of carbonyl (C=O) groups excluding carboxylic acids is 1. The largest absolute Gasteiger partial charge is 0.445 e. The smallest absolute Gasteiger partial charge is 0.407 e. The van der Waals surface area contributed by atoms with E-state index in [1.807, 2.05) is 55.5 Å². The van der Waals surface area contributed by atoms with E-state index in [1.165, 1.54) is 0 Å². The first-order valence-corrected chi connectivity index (χ1v) is 8.34. The van der Waals surface area contributed by atoms with Crippen molar-refractivity contribution in [3.8, 4) is 0 Å². The first kappa shape index (κ1) is 16.3. The van der Waals surface area contributed by atoms with Gasteiger partial charge in [0.05, 0.1) is 0 Å². The third kappa shape index (κ3) is 4.72. The molecule has 0 unspecified atom stereocenters. The van der Waals surface area contributed by atoms with Gasteiger partial charge in [-0.1, -0.05) is 36.4 Å². The number of amides is 1. The van der Waals surface area contributed by atoms with Crippen LogP contribution >= 0.6 is 0 Å². The van der Waals surface area contributed by atoms with Crippen LogP contribution in [0.25, 0.3) is 0 Å². The third-order valence-corrected chi connectivity index (χ3v) is 4.23. The van der Waals surface area contributed by atoms with E-state index < -0.39 is 0 Å². The summed E-state index contributed by atoms with van der Waals surface area (Å²) in [6.45, 7) is 3.17. The maximum Gasteiger partial charge on any atom is 0.407 e. The molecular formula is C19H23N3O2. The van der Waals surface area contributed by atoms with Crippen LogP contribution in [-0.4, -0.2) is 23.7 Å². The zero-order chi connectivity index (χ0) is 16.8. The molecule has 1 saturated carbocycles. The van der Waals surface area contributed by atoms with E-state index in [2.05, 4.69) is 15.6 Å². The summed E-state index contributed by atoms with van der Waals surface area (Å²) in [6, 6.07) is 15.9. The molecular weight excluding hydrogens is 302 g/mol. The summed E-state index contributed by atoms with van der Waals surface area (Å²) in [5.74, 6) is 1.47. The summed E-state index contributed by atoms with van der Waals surface area (Å²) in [6.07, 6.45) is 1.61. The Hall–Kier alpha value is -2.56. The monoisotopic (exact) mass is 325 g/mol. The van der Waals surface area contributed by atoms with Gasteiger partial charge in [0.2, 0.25) is 0 Å². The molecule has 1 amide bonds. The van der Waals surface area contributed by atoms with Crippen LogP contribution in [0.3, 0.4) is 0 Å². The highest BCUT2D eigenvalue weighted by Crippen LogP contribution is 2.27. The molecule has 126 valence electrons. The van der Waals surface area contributed by atoms with Gasteiger partial charge in [0.1, 0.15) is 12.4 Å². The number of anilines is 1. The number of hydrogen-bond donors (Lipinski definition) is 2. The van der Waals surface area contributed by atoms with E-state index in [4.69, 9.17) is 4.74 Å². The Kier molecular flexibility index (Phi) is 5.31. The maximum absolute atomic E-state index is 11.8. The molecule has 0 atom stereocenters. The SMILES string of the molecule is Cc1cccc(NC[C@H]2C[C@@H](NC(=O)OCc3ccccc3)C2)n1. The van der Waals surface area contributed by atoms with E-state index in [9.17, 15) is 4.79 Å². The third-order valence-electron chi connectivity index (χ3n) is 4.23. The van der Waals surface area contributed by atoms with Crippen molar-refractivity contribution in [3.05, 3.63) is 59.8 Å². The van der Waals surface area contributed by atoms with Crippen LogP contribution in [0.1, 0.15) is 24.1 Å². The van der Waals surface area contributed by atoms with E-state index in [0.717, 1.165) is 36.5 Å². The van der Waals surface area contributed by atoms with Gasteiger partial charge in [0.25, 0.3) is 0 Å². The molecule has 5 heteroatoms. The molecule has 0 spiro atoms. The molecule has 1 aliphatic rings. The molecule has 1 aromatic heterocycles. The van der Waals surface area contributed by atoms with Crippen molar-refractivity contribution in [2.24, 2.45) is 5.92 Å². The lowest BCUT2D eigenvalue weighted by Gasteiger charge is -2.35. The molecule has 2 aromatic rings. The lowest BCUT2D eigenvalue weighted by molar-refractivity contribution is 0.123. The number of rotatable bonds is 6. The zero-order valence-corrected chi connectivity index (χ0v) is 13.9. The quantitative estimate of drug-likeness (QED) is 0.853. The molecule has 0 saturated heterocycles. The molecule has 2 N–H and O–H groups in total. The van der Waals surface area contributed by atoms with Crippen LogP contribution in [0.15, 0.2) is 48.5 Å². The van der Waals surface area contributed by atoms with Crippen molar-refractivity contribution in [1.82, 2.24) is 10.3 Å². The van der Waals surface area contributed by atoms with Gasteiger partial charge < -0.3 is 15.4 Å². The Morgan fingerprint density at radius 2 is 1.96 bits per heavy atom. The topological polar surface area (TPSA) is 63.2 Å². The highest BCUT2D eigenvalue weighted by Gasteiger charge is 2.30. The number of pyridine rings is 1. The first-order valence-electron chi connectivity index (χ1n) is 8.34. The molecule has 1 heterocycles. The Morgan fingerprint density at radius 1 is 1.17 bits per heavy atom. The normalized spacial score (nSPS) is 19.2. The molecule has 24 heavy (non-hydrogen) atoms. The fourth-order valence-corrected chi connectivity index (χ4v) is 2.84. The van der Waals surface area contributed by atoms with Crippen LogP contribution in [0, 0.1) is 12.8 Å². The lowest BCUT2D eigenvalue weighted by atomic mass is 9.80. The van der Waals surface area contributed by atoms with Crippen molar-refractivity contribution < 1.29 is 9.53 Å². The molecule has 0 bridgehead atoms. The standard InChI is InChI=1S/C19H23N3O2/c1-14-6-5-9-18(21-14)20-12-16-10-17(11-16)22-19(23)24-13-15-7-3-2-4-8-15/h2-9,16-17H,10-13H2,1H3,(H,20,21)(H,22,23)/t16-,17+. The van der Waals surface area contributed by atoms with E-state index in [-0.39, 0.29) is 12.1 Å². The maximum atomic E-state index is 11.8. The molecule has 3 rings (SSSR count). The summed E-state index contributed by atoms with van der Waals surface area (Å²) < 4.78 is 5.24. The Balaban J connectivity index is 1.31. The number of carbonyl (C=O) groups is 1. The van der Waals surface area contributed by atoms with Crippen molar-refractivity contribution in [2.45, 2.75) is 32.4 Å². The number of nitrogens with zero attached hydrogens (tertiary/aromatic N) is 1. The van der Waals surface area contributed by atoms with E-state index in [0.29, 0.717) is 12.5 Å². The number of ether oxygens (including phenoxy) is 1. The summed E-state index contributed by atoms with van der Waals surface area (Å²) in [5.41, 5.74) is 2.00. The van der Waals surface area contributed by atoms with Gasteiger partial charge >= 0.3 is 6.09 Å². The van der Waals surface area contributed by atoms with Gasteiger partial charge in [-0.15, -0.1) is 0 Å². The van der Waals surface area contributed by atoms with Crippen LogP contribution in [0.5, 0.6) is 0 Å². The summed E-state index contributed by atoms with van der Waals surface area (Å²) in [4.78, 5) is 16.2. The van der Waals surface area contributed by atoms with Crippen molar-refractivity contribution in [1.29, 1.82) is 0 Å². The molecule has 5 nitrogen and oxygen atoms in total. The first-order chi connectivity index (χ1) is 11.7. The number of nitrogens with one attached hydrogen (secondary N) is 2. The Bertz CT molecular complexity index is 669. The number of alkyl carbamates (subject to hydrolysis) is 1. The number of aromatic nitrogens is 1. The number of benzene rings is 1. The molecule has 1 fully saturated rings. The van der Waals surface area contributed by atoms with Gasteiger partial charge in [-0.2, -0.15) is 0 Å². The second-order valence-corrected chi connectivity index (χ2v) is 6.29. The average Bonchev–Trinajstić information content (AvgIpc) is 2.56. The lowest BCUT2D eigenvalue weighted by Crippen LogP contribution is -2.46. The minimum Gasteiger partial charge on any atom is -0.445 e. The van der Waals surface area contributed by atoms with Crippen LogP contribution in [0.4, 0.5) is 10.6 Å². The predicted molar refractivity (Wildman–Crippen MR) is 93.7 cm³/mol. The van der Waals surface area contributed by atoms with Crippen LogP contribution < -0.4 is 10.6 Å². The van der Waals surface area contributed by atoms with Crippen LogP contribution in [0.2, 0.25) is 0 Å². The van der Waals surface area contributed by atoms with Gasteiger partial charge in [0.15, 0.2) is 0 Å². The van der Waals surface area contributed by atoms with E-state index in [1.54, 1.807) is 0 Å². The predicted octanol–water partition coefficient (Wildman–Crippen LogP) is 3.51. The van der Waals surface area contributed by atoms with Crippen LogP contribution in [-0.2, 0) is 11.3 Å². The Morgan fingerprint density at radius 3 is 2.71 bits per heavy atom.